The van der Waals surface area contributed by atoms with E-state index in [1.54, 1.807) is 6.07 Å². The Labute approximate surface area is 123 Å². The third-order valence-electron chi connectivity index (χ3n) is 3.94. The normalized spacial score (nSPS) is 18.7. The van der Waals surface area contributed by atoms with Gasteiger partial charge in [0.15, 0.2) is 11.5 Å². The molecule has 21 heavy (non-hydrogen) atoms. The van der Waals surface area contributed by atoms with E-state index in [0.717, 1.165) is 19.4 Å². The highest BCUT2D eigenvalue weighted by molar-refractivity contribution is 5.95. The molecule has 6 heteroatoms. The van der Waals surface area contributed by atoms with Gasteiger partial charge in [-0.1, -0.05) is 0 Å². The Hall–Kier alpha value is -1.95. The van der Waals surface area contributed by atoms with Gasteiger partial charge >= 0.3 is 5.69 Å². The van der Waals surface area contributed by atoms with Gasteiger partial charge in [-0.15, -0.1) is 0 Å². The summed E-state index contributed by atoms with van der Waals surface area (Å²) in [5.74, 6) is 0.0304. The standard InChI is InChI=1S/C15H20N2O4/c1-11(18)12-5-6-15(14(10-12)17(19)20)21-9-7-13-4-3-8-16(13)2/h5-6,10,13H,3-4,7-9H2,1-2H3. The Morgan fingerprint density at radius 3 is 2.86 bits per heavy atom. The van der Waals surface area contributed by atoms with Crippen LogP contribution in [0.3, 0.4) is 0 Å². The molecule has 2 rings (SSSR count). The first-order chi connectivity index (χ1) is 9.99. The van der Waals surface area contributed by atoms with Crippen LogP contribution in [0.5, 0.6) is 5.75 Å². The minimum atomic E-state index is -0.510. The number of ketones is 1. The van der Waals surface area contributed by atoms with Crippen molar-refractivity contribution in [3.63, 3.8) is 0 Å². The number of carbonyl (C=O) groups excluding carboxylic acids is 1. The van der Waals surface area contributed by atoms with Crippen LogP contribution in [0, 0.1) is 10.1 Å². The van der Waals surface area contributed by atoms with Gasteiger partial charge < -0.3 is 9.64 Å². The van der Waals surface area contributed by atoms with Crippen LogP contribution in [0.15, 0.2) is 18.2 Å². The molecular formula is C15H20N2O4. The molecule has 1 saturated heterocycles. The van der Waals surface area contributed by atoms with Gasteiger partial charge in [0.25, 0.3) is 0 Å². The molecule has 0 bridgehead atoms. The zero-order valence-corrected chi connectivity index (χ0v) is 12.4. The van der Waals surface area contributed by atoms with Crippen LogP contribution in [0.1, 0.15) is 36.5 Å². The first-order valence-corrected chi connectivity index (χ1v) is 7.11. The molecule has 1 aliphatic rings. The number of Topliss-reactive ketones (excluding diaryl/α,β-unsaturated/α-hetero) is 1. The van der Waals surface area contributed by atoms with E-state index in [4.69, 9.17) is 4.74 Å². The summed E-state index contributed by atoms with van der Waals surface area (Å²) in [6.07, 6.45) is 3.18. The van der Waals surface area contributed by atoms with Gasteiger partial charge in [0.05, 0.1) is 11.5 Å². The molecule has 114 valence electrons. The predicted octanol–water partition coefficient (Wildman–Crippen LogP) is 2.66. The number of carbonyl (C=O) groups is 1. The van der Waals surface area contributed by atoms with Gasteiger partial charge in [-0.05, 0) is 51.9 Å². The van der Waals surface area contributed by atoms with Crippen LogP contribution >= 0.6 is 0 Å². The molecular weight excluding hydrogens is 272 g/mol. The lowest BCUT2D eigenvalue weighted by Gasteiger charge is -2.19. The van der Waals surface area contributed by atoms with Crippen molar-refractivity contribution in [1.29, 1.82) is 0 Å². The van der Waals surface area contributed by atoms with E-state index >= 15 is 0 Å². The third kappa shape index (κ3) is 3.78. The second-order valence-electron chi connectivity index (χ2n) is 5.41. The lowest BCUT2D eigenvalue weighted by molar-refractivity contribution is -0.385. The summed E-state index contributed by atoms with van der Waals surface area (Å²) in [6, 6.07) is 4.83. The fourth-order valence-electron chi connectivity index (χ4n) is 2.65. The lowest BCUT2D eigenvalue weighted by atomic mass is 10.1. The van der Waals surface area contributed by atoms with Crippen LogP contribution in [0.2, 0.25) is 0 Å². The predicted molar refractivity (Wildman–Crippen MR) is 78.9 cm³/mol. The fraction of sp³-hybridized carbons (Fsp3) is 0.533. The second kappa shape index (κ2) is 6.67. The highest BCUT2D eigenvalue weighted by atomic mass is 16.6. The van der Waals surface area contributed by atoms with E-state index in [2.05, 4.69) is 11.9 Å². The van der Waals surface area contributed by atoms with Gasteiger partial charge in [0, 0.05) is 17.7 Å². The number of rotatable bonds is 6. The molecule has 0 aliphatic carbocycles. The van der Waals surface area contributed by atoms with Gasteiger partial charge in [0.1, 0.15) is 0 Å². The summed E-state index contributed by atoms with van der Waals surface area (Å²) in [4.78, 5) is 24.1. The van der Waals surface area contributed by atoms with Crippen LogP contribution in [-0.2, 0) is 0 Å². The number of hydrogen-bond acceptors (Lipinski definition) is 5. The first-order valence-electron chi connectivity index (χ1n) is 7.11. The molecule has 0 amide bonds. The van der Waals surface area contributed by atoms with Crippen molar-refractivity contribution in [2.75, 3.05) is 20.2 Å². The molecule has 1 atom stereocenters. The number of nitro groups is 1. The molecule has 0 spiro atoms. The van der Waals surface area contributed by atoms with Crippen LogP contribution < -0.4 is 4.74 Å². The van der Waals surface area contributed by atoms with Crippen LogP contribution in [-0.4, -0.2) is 41.8 Å². The van der Waals surface area contributed by atoms with Crippen molar-refractivity contribution in [3.05, 3.63) is 33.9 Å². The van der Waals surface area contributed by atoms with Gasteiger partial charge in [-0.2, -0.15) is 0 Å². The number of nitrogens with zero attached hydrogens (tertiary/aromatic N) is 2. The zero-order chi connectivity index (χ0) is 15.4. The minimum absolute atomic E-state index is 0.150. The molecule has 1 aromatic rings. The highest BCUT2D eigenvalue weighted by Gasteiger charge is 2.22. The molecule has 1 aromatic carbocycles. The monoisotopic (exact) mass is 292 g/mol. The summed E-state index contributed by atoms with van der Waals surface area (Å²) < 4.78 is 5.56. The molecule has 1 aliphatic heterocycles. The van der Waals surface area contributed by atoms with Gasteiger partial charge in [-0.3, -0.25) is 14.9 Å². The Morgan fingerprint density at radius 2 is 2.29 bits per heavy atom. The topological polar surface area (TPSA) is 72.7 Å². The van der Waals surface area contributed by atoms with E-state index in [0.29, 0.717) is 18.2 Å². The second-order valence-corrected chi connectivity index (χ2v) is 5.41. The van der Waals surface area contributed by atoms with E-state index in [-0.39, 0.29) is 17.2 Å². The quantitative estimate of drug-likeness (QED) is 0.458. The third-order valence-corrected chi connectivity index (χ3v) is 3.94. The Bertz CT molecular complexity index is 544. The summed E-state index contributed by atoms with van der Waals surface area (Å²) in [6.45, 7) is 2.92. The summed E-state index contributed by atoms with van der Waals surface area (Å²) in [7, 11) is 2.09. The maximum absolute atomic E-state index is 11.3. The average Bonchev–Trinajstić information content (AvgIpc) is 2.84. The largest absolute Gasteiger partial charge is 0.487 e. The number of hydrogen-bond donors (Lipinski definition) is 0. The van der Waals surface area contributed by atoms with E-state index in [9.17, 15) is 14.9 Å². The SMILES string of the molecule is CC(=O)c1ccc(OCCC2CCCN2C)c([N+](=O)[O-])c1. The van der Waals surface area contributed by atoms with Crippen molar-refractivity contribution in [1.82, 2.24) is 4.90 Å². The van der Waals surface area contributed by atoms with Crippen molar-refractivity contribution >= 4 is 11.5 Å². The Morgan fingerprint density at radius 1 is 1.52 bits per heavy atom. The Balaban J connectivity index is 2.02. The average molecular weight is 292 g/mol. The molecule has 6 nitrogen and oxygen atoms in total. The summed E-state index contributed by atoms with van der Waals surface area (Å²) in [5.41, 5.74) is 0.173. The summed E-state index contributed by atoms with van der Waals surface area (Å²) in [5, 5.41) is 11.1. The molecule has 1 fully saturated rings. The summed E-state index contributed by atoms with van der Waals surface area (Å²) >= 11 is 0. The Kier molecular flexibility index (Phi) is 4.90. The van der Waals surface area contributed by atoms with Gasteiger partial charge in [0.2, 0.25) is 0 Å². The molecule has 0 aromatic heterocycles. The van der Waals surface area contributed by atoms with Crippen LogP contribution in [0.4, 0.5) is 5.69 Å². The highest BCUT2D eigenvalue weighted by Crippen LogP contribution is 2.29. The molecule has 1 unspecified atom stereocenters. The zero-order valence-electron chi connectivity index (χ0n) is 12.4. The van der Waals surface area contributed by atoms with Crippen molar-refractivity contribution in [2.24, 2.45) is 0 Å². The van der Waals surface area contributed by atoms with E-state index in [1.807, 2.05) is 0 Å². The fourth-order valence-corrected chi connectivity index (χ4v) is 2.65. The number of ether oxygens (including phenoxy) is 1. The molecule has 0 radical (unpaired) electrons. The lowest BCUT2D eigenvalue weighted by Crippen LogP contribution is -2.26. The smallest absolute Gasteiger partial charge is 0.311 e. The maximum Gasteiger partial charge on any atom is 0.311 e. The molecule has 1 heterocycles. The van der Waals surface area contributed by atoms with Crippen LogP contribution in [0.25, 0.3) is 0 Å². The number of likely N-dealkylation sites (tertiary alicyclic amines) is 1. The number of nitro benzene ring substituents is 1. The maximum atomic E-state index is 11.3. The minimum Gasteiger partial charge on any atom is -0.487 e. The van der Waals surface area contributed by atoms with Crippen molar-refractivity contribution in [2.45, 2.75) is 32.2 Å². The van der Waals surface area contributed by atoms with E-state index < -0.39 is 4.92 Å². The van der Waals surface area contributed by atoms with Gasteiger partial charge in [-0.25, -0.2) is 0 Å². The van der Waals surface area contributed by atoms with Crippen molar-refractivity contribution in [3.8, 4) is 5.75 Å². The van der Waals surface area contributed by atoms with E-state index in [1.165, 1.54) is 25.5 Å². The molecule has 0 N–H and O–H groups in total. The van der Waals surface area contributed by atoms with Crippen molar-refractivity contribution < 1.29 is 14.5 Å². The number of benzene rings is 1. The molecule has 0 saturated carbocycles. The first kappa shape index (κ1) is 15.4.